The Morgan fingerprint density at radius 3 is 2.34 bits per heavy atom. The van der Waals surface area contributed by atoms with Gasteiger partial charge < -0.3 is 33.2 Å². The smallest absolute Gasteiger partial charge is 0.374 e. The summed E-state index contributed by atoms with van der Waals surface area (Å²) in [6.45, 7) is 13.3. The number of methoxy groups -OCH3 is 1. The number of aliphatic hydroxyl groups is 1. The molecule has 1 N–H and O–H groups in total. The minimum absolute atomic E-state index is 0.0813. The number of ether oxygens (including phenoxy) is 5. The van der Waals surface area contributed by atoms with Gasteiger partial charge in [-0.25, -0.2) is 9.59 Å². The molecule has 2 fully saturated rings. The average molecular weight is 653 g/mol. The number of hydrogen-bond donors (Lipinski definition) is 1. The zero-order valence-electron chi connectivity index (χ0n) is 27.6. The van der Waals surface area contributed by atoms with E-state index >= 15 is 0 Å². The molecule has 2 heterocycles. The third-order valence-electron chi connectivity index (χ3n) is 11.8. The van der Waals surface area contributed by atoms with Gasteiger partial charge in [0, 0.05) is 66.1 Å². The van der Waals surface area contributed by atoms with Crippen LogP contribution in [0.5, 0.6) is 0 Å². The molecule has 8 atom stereocenters. The van der Waals surface area contributed by atoms with Crippen LogP contribution in [0.2, 0.25) is 0 Å². The van der Waals surface area contributed by atoms with Crippen molar-refractivity contribution in [1.82, 2.24) is 0 Å². The van der Waals surface area contributed by atoms with Crippen molar-refractivity contribution in [2.45, 2.75) is 97.1 Å². The normalized spacial score (nSPS) is 38.2. The lowest BCUT2D eigenvalue weighted by Gasteiger charge is -2.65. The molecule has 5 aliphatic rings. The number of carbonyl (C=O) groups is 5. The van der Waals surface area contributed by atoms with Gasteiger partial charge in [0.1, 0.15) is 6.10 Å². The van der Waals surface area contributed by atoms with Crippen molar-refractivity contribution in [3.05, 3.63) is 58.8 Å². The van der Waals surface area contributed by atoms with E-state index in [0.29, 0.717) is 29.6 Å². The van der Waals surface area contributed by atoms with Gasteiger partial charge in [-0.2, -0.15) is 0 Å². The van der Waals surface area contributed by atoms with E-state index in [-0.39, 0.29) is 24.8 Å². The Morgan fingerprint density at radius 2 is 1.77 bits per heavy atom. The molecule has 12 nitrogen and oxygen atoms in total. The van der Waals surface area contributed by atoms with Gasteiger partial charge in [-0.05, 0) is 37.3 Å². The Balaban J connectivity index is 1.70. The van der Waals surface area contributed by atoms with Gasteiger partial charge in [0.25, 0.3) is 0 Å². The van der Waals surface area contributed by atoms with E-state index in [1.165, 1.54) is 40.4 Å². The molecule has 12 heteroatoms. The first-order chi connectivity index (χ1) is 21.9. The van der Waals surface area contributed by atoms with Crippen LogP contribution in [0, 0.1) is 22.2 Å². The second-order valence-electron chi connectivity index (χ2n) is 14.3. The Bertz CT molecular complexity index is 1680. The predicted molar refractivity (Wildman–Crippen MR) is 161 cm³/mol. The van der Waals surface area contributed by atoms with Gasteiger partial charge in [0.15, 0.2) is 17.3 Å². The van der Waals surface area contributed by atoms with Crippen molar-refractivity contribution >= 4 is 29.8 Å². The van der Waals surface area contributed by atoms with Crippen molar-refractivity contribution in [2.75, 3.05) is 7.11 Å². The lowest BCUT2D eigenvalue weighted by Crippen LogP contribution is -2.75. The fourth-order valence-electron chi connectivity index (χ4n) is 10.2. The molecule has 1 aromatic heterocycles. The van der Waals surface area contributed by atoms with Crippen LogP contribution in [0.25, 0.3) is 0 Å². The molecular weight excluding hydrogens is 612 g/mol. The van der Waals surface area contributed by atoms with Crippen LogP contribution in [-0.2, 0) is 47.7 Å². The van der Waals surface area contributed by atoms with Crippen LogP contribution < -0.4 is 0 Å². The zero-order chi connectivity index (χ0) is 34.5. The number of cyclic esters (lactones) is 1. The van der Waals surface area contributed by atoms with Crippen LogP contribution in [0.15, 0.2) is 57.6 Å². The summed E-state index contributed by atoms with van der Waals surface area (Å²) in [5.41, 5.74) is -4.49. The third kappa shape index (κ3) is 4.02. The molecular formula is C35H40O12. The standard InChI is InChI=1S/C35H40O12/c1-17(2)28(40)45-30-32(6)16-35(47-19(4)37)33(7,23(32)13-24(38)42-8)22-9-11-31(5)25(21(22)14-34(30,35)46-18(3)36)26(39)29(41)44-27(31)20-10-12-43-15-20/h10,12,15,23,27,30,39H,1,9,11,13-14,16H2,2-8H3/t23-,27-,30-,31+,32-,33+,34+,35+/m0/s1. The quantitative estimate of drug-likeness (QED) is 0.241. The molecule has 1 aliphatic heterocycles. The predicted octanol–water partition coefficient (Wildman–Crippen LogP) is 4.89. The maximum Gasteiger partial charge on any atom is 0.374 e. The molecule has 4 aliphatic carbocycles. The number of carbonyl (C=O) groups excluding carboxylic acids is 5. The monoisotopic (exact) mass is 652 g/mol. The number of hydrogen-bond acceptors (Lipinski definition) is 12. The molecule has 2 saturated carbocycles. The molecule has 6 rings (SSSR count). The number of furan rings is 1. The summed E-state index contributed by atoms with van der Waals surface area (Å²) in [6.07, 6.45) is 1.44. The SMILES string of the molecule is C=C(C)C(=O)O[C@H]1[C@@]2(C)C[C@]3(OC(C)=O)[C@@]1(OC(C)=O)CC1=C(CC[C@]4(C)C1=C(O)C(=O)O[C@H]4c1ccoc1)[C@]3(C)[C@H]2CC(=O)OC. The van der Waals surface area contributed by atoms with Crippen molar-refractivity contribution in [3.63, 3.8) is 0 Å². The van der Waals surface area contributed by atoms with Crippen molar-refractivity contribution in [2.24, 2.45) is 22.2 Å². The molecule has 2 bridgehead atoms. The van der Waals surface area contributed by atoms with E-state index in [9.17, 15) is 29.1 Å². The lowest BCUT2D eigenvalue weighted by molar-refractivity contribution is -0.276. The summed E-state index contributed by atoms with van der Waals surface area (Å²) >= 11 is 0. The zero-order valence-corrected chi connectivity index (χ0v) is 27.6. The molecule has 47 heavy (non-hydrogen) atoms. The van der Waals surface area contributed by atoms with Crippen LogP contribution >= 0.6 is 0 Å². The van der Waals surface area contributed by atoms with Crippen LogP contribution in [-0.4, -0.2) is 59.4 Å². The number of rotatable bonds is 7. The third-order valence-corrected chi connectivity index (χ3v) is 11.8. The molecule has 0 unspecified atom stereocenters. The first-order valence-corrected chi connectivity index (χ1v) is 15.7. The highest BCUT2D eigenvalue weighted by atomic mass is 16.6. The summed E-state index contributed by atoms with van der Waals surface area (Å²) in [4.78, 5) is 66.1. The van der Waals surface area contributed by atoms with E-state index in [0.717, 1.165) is 5.57 Å². The summed E-state index contributed by atoms with van der Waals surface area (Å²) in [7, 11) is 1.27. The van der Waals surface area contributed by atoms with Gasteiger partial charge in [-0.15, -0.1) is 0 Å². The summed E-state index contributed by atoms with van der Waals surface area (Å²) in [5.74, 6) is -4.90. The fourth-order valence-corrected chi connectivity index (χ4v) is 10.2. The highest BCUT2D eigenvalue weighted by Crippen LogP contribution is 2.81. The molecule has 0 radical (unpaired) electrons. The Hall–Kier alpha value is -4.35. The summed E-state index contributed by atoms with van der Waals surface area (Å²) in [5, 5.41) is 11.6. The fraction of sp³-hybridized carbons (Fsp3) is 0.571. The van der Waals surface area contributed by atoms with Gasteiger partial charge in [-0.1, -0.05) is 32.9 Å². The number of aliphatic hydroxyl groups excluding tert-OH is 1. The van der Waals surface area contributed by atoms with Gasteiger partial charge in [0.05, 0.1) is 19.6 Å². The van der Waals surface area contributed by atoms with E-state index in [2.05, 4.69) is 6.58 Å². The van der Waals surface area contributed by atoms with Crippen LogP contribution in [0.1, 0.15) is 85.3 Å². The van der Waals surface area contributed by atoms with Gasteiger partial charge in [-0.3, -0.25) is 14.4 Å². The Kier molecular flexibility index (Phi) is 7.16. The maximum absolute atomic E-state index is 13.3. The van der Waals surface area contributed by atoms with Crippen molar-refractivity contribution in [3.8, 4) is 0 Å². The molecule has 1 aromatic rings. The summed E-state index contributed by atoms with van der Waals surface area (Å²) < 4.78 is 35.2. The second-order valence-corrected chi connectivity index (χ2v) is 14.3. The molecule has 0 amide bonds. The molecule has 0 aromatic carbocycles. The van der Waals surface area contributed by atoms with Crippen molar-refractivity contribution < 1.29 is 57.2 Å². The van der Waals surface area contributed by atoms with E-state index in [1.54, 1.807) is 6.07 Å². The Morgan fingerprint density at radius 1 is 1.09 bits per heavy atom. The largest absolute Gasteiger partial charge is 0.502 e. The molecule has 0 spiro atoms. The topological polar surface area (TPSA) is 165 Å². The van der Waals surface area contributed by atoms with Gasteiger partial charge in [0.2, 0.25) is 5.76 Å². The first-order valence-electron chi connectivity index (χ1n) is 15.7. The number of fused-ring (bicyclic) bond motifs is 4. The summed E-state index contributed by atoms with van der Waals surface area (Å²) in [6, 6.07) is 1.69. The second kappa shape index (κ2) is 10.3. The van der Waals surface area contributed by atoms with E-state index in [1.807, 2.05) is 20.8 Å². The highest BCUT2D eigenvalue weighted by molar-refractivity contribution is 5.90. The highest BCUT2D eigenvalue weighted by Gasteiger charge is 2.90. The van der Waals surface area contributed by atoms with E-state index < -0.39 is 81.2 Å². The van der Waals surface area contributed by atoms with E-state index in [4.69, 9.17) is 28.1 Å². The first kappa shape index (κ1) is 32.6. The lowest BCUT2D eigenvalue weighted by atomic mass is 9.44. The minimum atomic E-state index is -1.83. The van der Waals surface area contributed by atoms with Crippen LogP contribution in [0.4, 0.5) is 0 Å². The van der Waals surface area contributed by atoms with Crippen molar-refractivity contribution in [1.29, 1.82) is 0 Å². The van der Waals surface area contributed by atoms with Crippen LogP contribution in [0.3, 0.4) is 0 Å². The maximum atomic E-state index is 13.3. The minimum Gasteiger partial charge on any atom is -0.502 e. The molecule has 0 saturated heterocycles. The van der Waals surface area contributed by atoms with Gasteiger partial charge >= 0.3 is 29.8 Å². The Labute approximate surface area is 272 Å². The molecule has 252 valence electrons. The number of esters is 5. The average Bonchev–Trinajstić information content (AvgIpc) is 3.63.